The van der Waals surface area contributed by atoms with E-state index in [1.807, 2.05) is 43.9 Å². The van der Waals surface area contributed by atoms with E-state index in [-0.39, 0.29) is 35.6 Å². The van der Waals surface area contributed by atoms with E-state index in [4.69, 9.17) is 0 Å². The summed E-state index contributed by atoms with van der Waals surface area (Å²) in [7, 11) is 1.75. The summed E-state index contributed by atoms with van der Waals surface area (Å²) in [4.78, 5) is 43.2. The first kappa shape index (κ1) is 24.2. The Morgan fingerprint density at radius 3 is 2.44 bits per heavy atom. The fourth-order valence-electron chi connectivity index (χ4n) is 4.96. The number of benzene rings is 1. The molecule has 0 spiro atoms. The van der Waals surface area contributed by atoms with Gasteiger partial charge in [-0.1, -0.05) is 51.1 Å². The summed E-state index contributed by atoms with van der Waals surface area (Å²) in [5.41, 5.74) is 1.21. The minimum Gasteiger partial charge on any atom is -0.343 e. The van der Waals surface area contributed by atoms with Gasteiger partial charge in [-0.15, -0.1) is 0 Å². The summed E-state index contributed by atoms with van der Waals surface area (Å²) in [6, 6.07) is 8.80. The van der Waals surface area contributed by atoms with Crippen LogP contribution in [-0.4, -0.2) is 72.3 Å². The maximum Gasteiger partial charge on any atom is 0.246 e. The number of likely N-dealkylation sites (tertiary alicyclic amines) is 2. The van der Waals surface area contributed by atoms with Crippen LogP contribution in [0.4, 0.5) is 0 Å². The minimum absolute atomic E-state index is 0.0542. The Bertz CT molecular complexity index is 794. The van der Waals surface area contributed by atoms with E-state index in [0.29, 0.717) is 19.5 Å². The molecule has 2 fully saturated rings. The molecule has 4 atom stereocenters. The van der Waals surface area contributed by atoms with Crippen LogP contribution in [0.25, 0.3) is 0 Å². The van der Waals surface area contributed by atoms with Crippen LogP contribution in [0, 0.1) is 11.8 Å². The van der Waals surface area contributed by atoms with Crippen molar-refractivity contribution >= 4 is 17.7 Å². The van der Waals surface area contributed by atoms with Gasteiger partial charge >= 0.3 is 0 Å². The zero-order valence-corrected chi connectivity index (χ0v) is 19.8. The number of likely N-dealkylation sites (N-methyl/N-ethyl adjacent to an activating group) is 1. The molecule has 3 rings (SSSR count). The van der Waals surface area contributed by atoms with Crippen molar-refractivity contribution in [3.63, 3.8) is 0 Å². The molecule has 7 heteroatoms. The van der Waals surface area contributed by atoms with Gasteiger partial charge in [-0.05, 0) is 50.1 Å². The van der Waals surface area contributed by atoms with Crippen molar-refractivity contribution in [1.29, 1.82) is 0 Å². The number of rotatable bonds is 9. The van der Waals surface area contributed by atoms with Crippen LogP contribution in [0.5, 0.6) is 0 Å². The van der Waals surface area contributed by atoms with Gasteiger partial charge in [0.1, 0.15) is 12.1 Å². The lowest BCUT2D eigenvalue weighted by Crippen LogP contribution is -2.60. The lowest BCUT2D eigenvalue weighted by atomic mass is 9.90. The maximum atomic E-state index is 13.5. The van der Waals surface area contributed by atoms with Crippen LogP contribution < -0.4 is 10.6 Å². The van der Waals surface area contributed by atoms with E-state index >= 15 is 0 Å². The summed E-state index contributed by atoms with van der Waals surface area (Å²) < 4.78 is 0. The molecule has 2 N–H and O–H groups in total. The summed E-state index contributed by atoms with van der Waals surface area (Å²) in [6.45, 7) is 7.80. The van der Waals surface area contributed by atoms with E-state index in [9.17, 15) is 14.4 Å². The van der Waals surface area contributed by atoms with Crippen molar-refractivity contribution < 1.29 is 14.4 Å². The molecular weight excluding hydrogens is 404 g/mol. The van der Waals surface area contributed by atoms with Gasteiger partial charge in [-0.25, -0.2) is 0 Å². The summed E-state index contributed by atoms with van der Waals surface area (Å²) >= 11 is 0. The molecule has 2 aliphatic rings. The second kappa shape index (κ2) is 10.9. The summed E-state index contributed by atoms with van der Waals surface area (Å²) in [5.74, 6) is -0.0998. The molecule has 0 radical (unpaired) electrons. The average Bonchev–Trinajstić information content (AvgIpc) is 3.23. The normalized spacial score (nSPS) is 22.6. The van der Waals surface area contributed by atoms with Crippen LogP contribution in [0.2, 0.25) is 0 Å². The fourth-order valence-corrected chi connectivity index (χ4v) is 4.96. The van der Waals surface area contributed by atoms with Crippen LogP contribution in [0.15, 0.2) is 30.3 Å². The predicted molar refractivity (Wildman–Crippen MR) is 125 cm³/mol. The van der Waals surface area contributed by atoms with Gasteiger partial charge in [-0.3, -0.25) is 14.4 Å². The largest absolute Gasteiger partial charge is 0.343 e. The average molecular weight is 443 g/mol. The highest BCUT2D eigenvalue weighted by molar-refractivity contribution is 5.94. The minimum atomic E-state index is -0.629. The van der Waals surface area contributed by atoms with E-state index in [2.05, 4.69) is 22.8 Å². The van der Waals surface area contributed by atoms with Gasteiger partial charge in [0.2, 0.25) is 17.7 Å². The lowest BCUT2D eigenvalue weighted by Gasteiger charge is -2.39. The molecule has 0 aliphatic carbocycles. The van der Waals surface area contributed by atoms with Crippen molar-refractivity contribution in [2.45, 2.75) is 64.6 Å². The number of carbonyl (C=O) groups is 3. The van der Waals surface area contributed by atoms with Crippen LogP contribution in [0.1, 0.15) is 45.6 Å². The van der Waals surface area contributed by atoms with Crippen molar-refractivity contribution in [2.75, 3.05) is 26.7 Å². The van der Waals surface area contributed by atoms with Gasteiger partial charge < -0.3 is 20.4 Å². The molecule has 0 bridgehead atoms. The fraction of sp³-hybridized carbons (Fsp3) is 0.640. The molecular formula is C25H38N4O3. The standard InChI is InChI=1S/C25H38N4O3/c1-5-20(26-4)23(30)27-21(17(2)3)24(31)29-16-13-19-12-15-28(25(32)22(19)29)14-11-18-9-7-6-8-10-18/h6-10,17,19-22,26H,5,11-16H2,1-4H3,(H,27,30). The maximum absolute atomic E-state index is 13.5. The Hall–Kier alpha value is -2.41. The van der Waals surface area contributed by atoms with Gasteiger partial charge in [0, 0.05) is 19.6 Å². The van der Waals surface area contributed by atoms with E-state index in [1.54, 1.807) is 11.9 Å². The molecule has 0 aromatic heterocycles. The molecule has 176 valence electrons. The number of piperidine rings is 1. The third kappa shape index (κ3) is 5.31. The van der Waals surface area contributed by atoms with Crippen molar-refractivity contribution in [2.24, 2.45) is 11.8 Å². The molecule has 32 heavy (non-hydrogen) atoms. The SMILES string of the molecule is CCC(NC)C(=O)NC(C(=O)N1CCC2CCN(CCc3ccccc3)C(=O)C21)C(C)C. The van der Waals surface area contributed by atoms with Crippen LogP contribution in [-0.2, 0) is 20.8 Å². The third-order valence-corrected chi connectivity index (χ3v) is 6.96. The summed E-state index contributed by atoms with van der Waals surface area (Å²) in [5, 5.41) is 5.94. The second-order valence-electron chi connectivity index (χ2n) is 9.35. The first-order valence-electron chi connectivity index (χ1n) is 12.0. The van der Waals surface area contributed by atoms with Crippen molar-refractivity contribution in [1.82, 2.24) is 20.4 Å². The smallest absolute Gasteiger partial charge is 0.246 e. The highest BCUT2D eigenvalue weighted by Crippen LogP contribution is 2.33. The van der Waals surface area contributed by atoms with E-state index in [0.717, 1.165) is 25.8 Å². The Morgan fingerprint density at radius 2 is 1.81 bits per heavy atom. The first-order chi connectivity index (χ1) is 15.4. The zero-order valence-electron chi connectivity index (χ0n) is 19.8. The van der Waals surface area contributed by atoms with Gasteiger partial charge in [0.15, 0.2) is 0 Å². The Kier molecular flexibility index (Phi) is 8.29. The Morgan fingerprint density at radius 1 is 1.12 bits per heavy atom. The molecule has 3 amide bonds. The quantitative estimate of drug-likeness (QED) is 0.611. The molecule has 2 aliphatic heterocycles. The topological polar surface area (TPSA) is 81.8 Å². The number of hydrogen-bond donors (Lipinski definition) is 2. The van der Waals surface area contributed by atoms with E-state index < -0.39 is 12.1 Å². The van der Waals surface area contributed by atoms with Crippen molar-refractivity contribution in [3.8, 4) is 0 Å². The molecule has 0 saturated carbocycles. The lowest BCUT2D eigenvalue weighted by molar-refractivity contribution is -0.149. The van der Waals surface area contributed by atoms with E-state index in [1.165, 1.54) is 5.56 Å². The van der Waals surface area contributed by atoms with Gasteiger partial charge in [0.25, 0.3) is 0 Å². The highest BCUT2D eigenvalue weighted by atomic mass is 16.2. The Labute approximate surface area is 191 Å². The van der Waals surface area contributed by atoms with Gasteiger partial charge in [0.05, 0.1) is 6.04 Å². The molecule has 1 aromatic rings. The number of nitrogens with one attached hydrogen (secondary N) is 2. The Balaban J connectivity index is 1.69. The molecule has 1 aromatic carbocycles. The number of carbonyl (C=O) groups excluding carboxylic acids is 3. The second-order valence-corrected chi connectivity index (χ2v) is 9.35. The highest BCUT2D eigenvalue weighted by Gasteiger charge is 2.47. The first-order valence-corrected chi connectivity index (χ1v) is 12.0. The number of fused-ring (bicyclic) bond motifs is 1. The van der Waals surface area contributed by atoms with Gasteiger partial charge in [-0.2, -0.15) is 0 Å². The monoisotopic (exact) mass is 442 g/mol. The van der Waals surface area contributed by atoms with Crippen LogP contribution >= 0.6 is 0 Å². The number of hydrogen-bond acceptors (Lipinski definition) is 4. The van der Waals surface area contributed by atoms with Crippen molar-refractivity contribution in [3.05, 3.63) is 35.9 Å². The molecule has 2 saturated heterocycles. The third-order valence-electron chi connectivity index (χ3n) is 6.96. The molecule has 4 unspecified atom stereocenters. The molecule has 2 heterocycles. The zero-order chi connectivity index (χ0) is 23.3. The predicted octanol–water partition coefficient (Wildman–Crippen LogP) is 1.82. The number of amides is 3. The van der Waals surface area contributed by atoms with Crippen LogP contribution in [0.3, 0.4) is 0 Å². The summed E-state index contributed by atoms with van der Waals surface area (Å²) in [6.07, 6.45) is 3.22. The molecule has 7 nitrogen and oxygen atoms in total. The number of nitrogens with zero attached hydrogens (tertiary/aromatic N) is 2.